The molecule has 2 atom stereocenters. The van der Waals surface area contributed by atoms with Gasteiger partial charge in [0, 0.05) is 26.2 Å². The normalized spacial score (nSPS) is 19.5. The number of aromatic nitrogens is 3. The zero-order valence-electron chi connectivity index (χ0n) is 16.2. The van der Waals surface area contributed by atoms with E-state index in [1.807, 2.05) is 59.1 Å². The minimum atomic E-state index is -0.742. The highest BCUT2D eigenvalue weighted by Gasteiger charge is 2.39. The molecule has 2 aromatic heterocycles. The SMILES string of the molecule is CN1C(=O)COC(C(=O)NCCCc2nnc3ccccn23)C1c1ccccc1. The van der Waals surface area contributed by atoms with Crippen molar-refractivity contribution < 1.29 is 14.3 Å². The maximum Gasteiger partial charge on any atom is 0.251 e. The molecule has 2 amide bonds. The van der Waals surface area contributed by atoms with E-state index < -0.39 is 12.1 Å². The molecule has 1 aliphatic rings. The molecule has 0 radical (unpaired) electrons. The van der Waals surface area contributed by atoms with Crippen molar-refractivity contribution in [1.29, 1.82) is 0 Å². The summed E-state index contributed by atoms with van der Waals surface area (Å²) in [5.74, 6) is 0.502. The summed E-state index contributed by atoms with van der Waals surface area (Å²) < 4.78 is 7.56. The van der Waals surface area contributed by atoms with Crippen molar-refractivity contribution in [2.75, 3.05) is 20.2 Å². The Morgan fingerprint density at radius 2 is 1.97 bits per heavy atom. The lowest BCUT2D eigenvalue weighted by Gasteiger charge is -2.38. The molecule has 0 spiro atoms. The first-order chi connectivity index (χ1) is 14.1. The average Bonchev–Trinajstić information content (AvgIpc) is 3.16. The highest BCUT2D eigenvalue weighted by Crippen LogP contribution is 2.29. The van der Waals surface area contributed by atoms with Crippen LogP contribution in [0.4, 0.5) is 0 Å². The lowest BCUT2D eigenvalue weighted by Crippen LogP contribution is -2.53. The number of hydrogen-bond acceptors (Lipinski definition) is 5. The molecule has 1 saturated heterocycles. The van der Waals surface area contributed by atoms with Crippen LogP contribution >= 0.6 is 0 Å². The molecule has 1 fully saturated rings. The summed E-state index contributed by atoms with van der Waals surface area (Å²) in [4.78, 5) is 26.5. The number of ether oxygens (including phenoxy) is 1. The molecule has 150 valence electrons. The van der Waals surface area contributed by atoms with E-state index in [9.17, 15) is 9.59 Å². The van der Waals surface area contributed by atoms with Crippen LogP contribution in [-0.2, 0) is 20.7 Å². The molecule has 8 nitrogen and oxygen atoms in total. The molecule has 1 aromatic carbocycles. The number of fused-ring (bicyclic) bond motifs is 1. The number of morpholine rings is 1. The standard InChI is InChI=1S/C21H23N5O3/c1-25-18(27)14-29-20(19(25)15-8-3-2-4-9-15)21(28)22-12-7-11-17-24-23-16-10-5-6-13-26(16)17/h2-6,8-10,13,19-20H,7,11-12,14H2,1H3,(H,22,28). The van der Waals surface area contributed by atoms with Gasteiger partial charge in [0.25, 0.3) is 5.91 Å². The lowest BCUT2D eigenvalue weighted by atomic mass is 9.97. The topological polar surface area (TPSA) is 88.8 Å². The highest BCUT2D eigenvalue weighted by atomic mass is 16.5. The van der Waals surface area contributed by atoms with Gasteiger partial charge in [-0.1, -0.05) is 36.4 Å². The van der Waals surface area contributed by atoms with Crippen LogP contribution in [0.2, 0.25) is 0 Å². The van der Waals surface area contributed by atoms with Crippen molar-refractivity contribution in [3.05, 3.63) is 66.1 Å². The molecular weight excluding hydrogens is 370 g/mol. The van der Waals surface area contributed by atoms with Gasteiger partial charge in [-0.25, -0.2) is 0 Å². The van der Waals surface area contributed by atoms with Gasteiger partial charge in [0.1, 0.15) is 12.4 Å². The Labute approximate surface area is 168 Å². The fourth-order valence-corrected chi connectivity index (χ4v) is 3.60. The van der Waals surface area contributed by atoms with Gasteiger partial charge in [-0.15, -0.1) is 10.2 Å². The van der Waals surface area contributed by atoms with E-state index in [1.54, 1.807) is 11.9 Å². The van der Waals surface area contributed by atoms with Crippen LogP contribution in [0.25, 0.3) is 5.65 Å². The number of pyridine rings is 1. The first-order valence-corrected chi connectivity index (χ1v) is 9.63. The van der Waals surface area contributed by atoms with Gasteiger partial charge in [-0.3, -0.25) is 14.0 Å². The number of rotatable bonds is 6. The number of benzene rings is 1. The van der Waals surface area contributed by atoms with Crippen LogP contribution in [0, 0.1) is 0 Å². The third-order valence-corrected chi connectivity index (χ3v) is 5.14. The van der Waals surface area contributed by atoms with Crippen LogP contribution in [0.5, 0.6) is 0 Å². The third kappa shape index (κ3) is 3.97. The predicted molar refractivity (Wildman–Crippen MR) is 106 cm³/mol. The second kappa shape index (κ2) is 8.40. The number of carbonyl (C=O) groups is 2. The van der Waals surface area contributed by atoms with E-state index >= 15 is 0 Å². The molecule has 1 aliphatic heterocycles. The lowest BCUT2D eigenvalue weighted by molar-refractivity contribution is -0.162. The maximum atomic E-state index is 12.8. The van der Waals surface area contributed by atoms with E-state index in [0.29, 0.717) is 13.0 Å². The summed E-state index contributed by atoms with van der Waals surface area (Å²) in [6.45, 7) is 0.392. The average molecular weight is 393 g/mol. The molecule has 4 rings (SSSR count). The number of nitrogens with zero attached hydrogens (tertiary/aromatic N) is 4. The number of nitrogens with one attached hydrogen (secondary N) is 1. The molecule has 2 unspecified atom stereocenters. The molecular formula is C21H23N5O3. The second-order valence-electron chi connectivity index (χ2n) is 7.03. The molecule has 0 aliphatic carbocycles. The summed E-state index contributed by atoms with van der Waals surface area (Å²) in [5, 5.41) is 11.3. The van der Waals surface area contributed by atoms with Crippen molar-refractivity contribution in [3.8, 4) is 0 Å². The fraction of sp³-hybridized carbons (Fsp3) is 0.333. The third-order valence-electron chi connectivity index (χ3n) is 5.14. The quantitative estimate of drug-likeness (QED) is 0.639. The van der Waals surface area contributed by atoms with E-state index in [-0.39, 0.29) is 18.4 Å². The Morgan fingerprint density at radius 3 is 2.79 bits per heavy atom. The summed E-state index contributed by atoms with van der Waals surface area (Å²) in [6, 6.07) is 14.8. The number of likely N-dealkylation sites (N-methyl/N-ethyl adjacent to an activating group) is 1. The monoisotopic (exact) mass is 393 g/mol. The van der Waals surface area contributed by atoms with Crippen molar-refractivity contribution >= 4 is 17.5 Å². The number of amides is 2. The van der Waals surface area contributed by atoms with Crippen molar-refractivity contribution in [1.82, 2.24) is 24.8 Å². The number of hydrogen-bond donors (Lipinski definition) is 1. The molecule has 0 bridgehead atoms. The predicted octanol–water partition coefficient (Wildman–Crippen LogP) is 1.38. The molecule has 3 heterocycles. The van der Waals surface area contributed by atoms with E-state index in [1.165, 1.54) is 0 Å². The molecule has 8 heteroatoms. The fourth-order valence-electron chi connectivity index (χ4n) is 3.60. The zero-order chi connectivity index (χ0) is 20.2. The van der Waals surface area contributed by atoms with Gasteiger partial charge in [-0.05, 0) is 24.1 Å². The molecule has 0 saturated carbocycles. The Bertz CT molecular complexity index is 1000. The molecule has 1 N–H and O–H groups in total. The van der Waals surface area contributed by atoms with Crippen molar-refractivity contribution in [2.24, 2.45) is 0 Å². The largest absolute Gasteiger partial charge is 0.356 e. The first kappa shape index (κ1) is 19.1. The molecule has 3 aromatic rings. The zero-order valence-corrected chi connectivity index (χ0v) is 16.2. The summed E-state index contributed by atoms with van der Waals surface area (Å²) >= 11 is 0. The van der Waals surface area contributed by atoms with Crippen LogP contribution < -0.4 is 5.32 Å². The Morgan fingerprint density at radius 1 is 1.17 bits per heavy atom. The Balaban J connectivity index is 1.37. The van der Waals surface area contributed by atoms with Crippen molar-refractivity contribution in [3.63, 3.8) is 0 Å². The van der Waals surface area contributed by atoms with Gasteiger partial charge >= 0.3 is 0 Å². The number of aryl methyl sites for hydroxylation is 1. The van der Waals surface area contributed by atoms with E-state index in [0.717, 1.165) is 23.5 Å². The minimum Gasteiger partial charge on any atom is -0.356 e. The summed E-state index contributed by atoms with van der Waals surface area (Å²) in [5.41, 5.74) is 1.68. The Hall–Kier alpha value is -3.26. The van der Waals surface area contributed by atoms with Gasteiger partial charge < -0.3 is 15.0 Å². The van der Waals surface area contributed by atoms with E-state index in [2.05, 4.69) is 15.5 Å². The van der Waals surface area contributed by atoms with Crippen molar-refractivity contribution in [2.45, 2.75) is 25.0 Å². The summed E-state index contributed by atoms with van der Waals surface area (Å²) in [6.07, 6.45) is 2.60. The van der Waals surface area contributed by atoms with E-state index in [4.69, 9.17) is 4.74 Å². The van der Waals surface area contributed by atoms with Gasteiger partial charge in [0.2, 0.25) is 5.91 Å². The minimum absolute atomic E-state index is 0.0936. The highest BCUT2D eigenvalue weighted by molar-refractivity contribution is 5.86. The van der Waals surface area contributed by atoms with Crippen LogP contribution in [0.15, 0.2) is 54.7 Å². The van der Waals surface area contributed by atoms with Gasteiger partial charge in [-0.2, -0.15) is 0 Å². The summed E-state index contributed by atoms with van der Waals surface area (Å²) in [7, 11) is 1.71. The number of carbonyl (C=O) groups excluding carboxylic acids is 2. The Kier molecular flexibility index (Phi) is 5.53. The first-order valence-electron chi connectivity index (χ1n) is 9.63. The second-order valence-corrected chi connectivity index (χ2v) is 7.03. The smallest absolute Gasteiger partial charge is 0.251 e. The van der Waals surface area contributed by atoms with Crippen LogP contribution in [0.3, 0.4) is 0 Å². The van der Waals surface area contributed by atoms with Gasteiger partial charge in [0.05, 0.1) is 6.04 Å². The maximum absolute atomic E-state index is 12.8. The molecule has 29 heavy (non-hydrogen) atoms. The van der Waals surface area contributed by atoms with Gasteiger partial charge in [0.15, 0.2) is 11.8 Å². The van der Waals surface area contributed by atoms with Crippen LogP contribution in [-0.4, -0.2) is 57.6 Å². The van der Waals surface area contributed by atoms with Crippen LogP contribution in [0.1, 0.15) is 23.9 Å².